The molecular weight excluding hydrogens is 372 g/mol. The van der Waals surface area contributed by atoms with E-state index in [0.29, 0.717) is 12.0 Å². The summed E-state index contributed by atoms with van der Waals surface area (Å²) in [6.45, 7) is 1.49. The SMILES string of the molecule is CC[C@@]1(c2ccccc2)NC(=O)N(CC(=O)NC(=O)NCc2ccccc2)C1=O. The number of carbonyl (C=O) groups excluding carboxylic acids is 4. The summed E-state index contributed by atoms with van der Waals surface area (Å²) in [7, 11) is 0. The summed E-state index contributed by atoms with van der Waals surface area (Å²) in [5.74, 6) is -1.27. The lowest BCUT2D eigenvalue weighted by Gasteiger charge is -2.25. The summed E-state index contributed by atoms with van der Waals surface area (Å²) in [5.41, 5.74) is 0.304. The zero-order valence-electron chi connectivity index (χ0n) is 16.0. The maximum absolute atomic E-state index is 13.0. The first-order valence-corrected chi connectivity index (χ1v) is 9.27. The van der Waals surface area contributed by atoms with Gasteiger partial charge in [-0.2, -0.15) is 0 Å². The molecule has 150 valence electrons. The maximum atomic E-state index is 13.0. The highest BCUT2D eigenvalue weighted by atomic mass is 16.2. The van der Waals surface area contributed by atoms with Crippen LogP contribution in [0.2, 0.25) is 0 Å². The summed E-state index contributed by atoms with van der Waals surface area (Å²) in [5, 5.41) is 7.39. The minimum Gasteiger partial charge on any atom is -0.334 e. The molecule has 1 aliphatic heterocycles. The normalized spacial score (nSPS) is 18.3. The van der Waals surface area contributed by atoms with Crippen molar-refractivity contribution in [2.45, 2.75) is 25.4 Å². The molecule has 29 heavy (non-hydrogen) atoms. The lowest BCUT2D eigenvalue weighted by atomic mass is 9.87. The fourth-order valence-corrected chi connectivity index (χ4v) is 3.26. The fourth-order valence-electron chi connectivity index (χ4n) is 3.26. The molecule has 1 fully saturated rings. The van der Waals surface area contributed by atoms with Crippen LogP contribution in [-0.2, 0) is 21.7 Å². The number of urea groups is 2. The first-order valence-electron chi connectivity index (χ1n) is 9.27. The van der Waals surface area contributed by atoms with E-state index in [2.05, 4.69) is 16.0 Å². The summed E-state index contributed by atoms with van der Waals surface area (Å²) < 4.78 is 0. The number of hydrogen-bond acceptors (Lipinski definition) is 4. The lowest BCUT2D eigenvalue weighted by molar-refractivity contribution is -0.135. The van der Waals surface area contributed by atoms with Gasteiger partial charge in [0, 0.05) is 6.54 Å². The molecule has 0 aromatic heterocycles. The van der Waals surface area contributed by atoms with Gasteiger partial charge in [-0.1, -0.05) is 67.6 Å². The molecule has 0 unspecified atom stereocenters. The Morgan fingerprint density at radius 3 is 2.24 bits per heavy atom. The van der Waals surface area contributed by atoms with Crippen LogP contribution >= 0.6 is 0 Å². The lowest BCUT2D eigenvalue weighted by Crippen LogP contribution is -2.47. The van der Waals surface area contributed by atoms with Crippen LogP contribution in [-0.4, -0.2) is 35.3 Å². The molecule has 1 aliphatic rings. The molecular formula is C21H22N4O4. The van der Waals surface area contributed by atoms with E-state index in [4.69, 9.17) is 0 Å². The molecule has 3 N–H and O–H groups in total. The van der Waals surface area contributed by atoms with Crippen LogP contribution in [0, 0.1) is 0 Å². The second-order valence-corrected chi connectivity index (χ2v) is 6.66. The number of hydrogen-bond donors (Lipinski definition) is 3. The fraction of sp³-hybridized carbons (Fsp3) is 0.238. The second kappa shape index (κ2) is 8.55. The molecule has 0 radical (unpaired) electrons. The first-order chi connectivity index (χ1) is 14.0. The van der Waals surface area contributed by atoms with Gasteiger partial charge in [-0.05, 0) is 17.5 Å². The number of carbonyl (C=O) groups is 4. The topological polar surface area (TPSA) is 108 Å². The average Bonchev–Trinajstić information content (AvgIpc) is 2.98. The molecule has 0 bridgehead atoms. The van der Waals surface area contributed by atoms with Gasteiger partial charge in [0.1, 0.15) is 12.1 Å². The number of rotatable bonds is 6. The Morgan fingerprint density at radius 1 is 1.00 bits per heavy atom. The molecule has 1 heterocycles. The van der Waals surface area contributed by atoms with Gasteiger partial charge in [0.25, 0.3) is 5.91 Å². The van der Waals surface area contributed by atoms with Gasteiger partial charge in [-0.25, -0.2) is 9.59 Å². The zero-order chi connectivity index (χ0) is 20.9. The van der Waals surface area contributed by atoms with Gasteiger partial charge in [0.05, 0.1) is 0 Å². The smallest absolute Gasteiger partial charge is 0.325 e. The third-order valence-corrected chi connectivity index (χ3v) is 4.82. The summed E-state index contributed by atoms with van der Waals surface area (Å²) in [6.07, 6.45) is 0.331. The van der Waals surface area contributed by atoms with Gasteiger partial charge in [-0.15, -0.1) is 0 Å². The molecule has 1 saturated heterocycles. The molecule has 6 amide bonds. The van der Waals surface area contributed by atoms with Gasteiger partial charge < -0.3 is 10.6 Å². The minimum atomic E-state index is -1.21. The van der Waals surface area contributed by atoms with Crippen LogP contribution in [0.5, 0.6) is 0 Å². The Bertz CT molecular complexity index is 917. The van der Waals surface area contributed by atoms with Crippen molar-refractivity contribution in [3.05, 3.63) is 71.8 Å². The van der Waals surface area contributed by atoms with Crippen molar-refractivity contribution in [1.29, 1.82) is 0 Å². The van der Waals surface area contributed by atoms with Crippen LogP contribution in [0.25, 0.3) is 0 Å². The highest BCUT2D eigenvalue weighted by Gasteiger charge is 2.51. The van der Waals surface area contributed by atoms with Gasteiger partial charge in [0.15, 0.2) is 0 Å². The molecule has 8 heteroatoms. The second-order valence-electron chi connectivity index (χ2n) is 6.66. The first kappa shape index (κ1) is 20.1. The quantitative estimate of drug-likeness (QED) is 0.650. The highest BCUT2D eigenvalue weighted by molar-refractivity contribution is 6.10. The van der Waals surface area contributed by atoms with Crippen molar-refractivity contribution in [3.8, 4) is 0 Å². The van der Waals surface area contributed by atoms with E-state index >= 15 is 0 Å². The Morgan fingerprint density at radius 2 is 1.62 bits per heavy atom. The van der Waals surface area contributed by atoms with Gasteiger partial charge in [0.2, 0.25) is 5.91 Å². The van der Waals surface area contributed by atoms with Crippen LogP contribution < -0.4 is 16.0 Å². The average molecular weight is 394 g/mol. The predicted octanol–water partition coefficient (Wildman–Crippen LogP) is 1.87. The Kier molecular flexibility index (Phi) is 5.92. The largest absolute Gasteiger partial charge is 0.334 e. The Hall–Kier alpha value is -3.68. The van der Waals surface area contributed by atoms with E-state index in [1.54, 1.807) is 31.2 Å². The van der Waals surface area contributed by atoms with E-state index in [1.165, 1.54) is 0 Å². The highest BCUT2D eigenvalue weighted by Crippen LogP contribution is 2.32. The summed E-state index contributed by atoms with van der Waals surface area (Å²) in [6, 6.07) is 16.7. The maximum Gasteiger partial charge on any atom is 0.325 e. The molecule has 0 spiro atoms. The minimum absolute atomic E-state index is 0.246. The van der Waals surface area contributed by atoms with E-state index in [9.17, 15) is 19.2 Å². The molecule has 3 rings (SSSR count). The predicted molar refractivity (Wildman–Crippen MR) is 105 cm³/mol. The van der Waals surface area contributed by atoms with Crippen LogP contribution in [0.1, 0.15) is 24.5 Å². The van der Waals surface area contributed by atoms with Gasteiger partial charge >= 0.3 is 12.1 Å². The Labute approximate surface area is 168 Å². The third kappa shape index (κ3) is 4.26. The molecule has 0 saturated carbocycles. The molecule has 1 atom stereocenters. The number of benzene rings is 2. The molecule has 2 aromatic rings. The molecule has 0 aliphatic carbocycles. The van der Waals surface area contributed by atoms with Crippen molar-refractivity contribution < 1.29 is 19.2 Å². The number of nitrogens with one attached hydrogen (secondary N) is 3. The third-order valence-electron chi connectivity index (χ3n) is 4.82. The zero-order valence-corrected chi connectivity index (χ0v) is 16.0. The standard InChI is InChI=1S/C21H22N4O4/c1-2-21(16-11-7-4-8-12-16)18(27)25(20(29)24-21)14-17(26)23-19(28)22-13-15-9-5-3-6-10-15/h3-12H,2,13-14H2,1H3,(H,24,29)(H2,22,23,26,28)/t21-/m0/s1. The van der Waals surface area contributed by atoms with Crippen molar-refractivity contribution in [2.75, 3.05) is 6.54 Å². The van der Waals surface area contributed by atoms with Crippen molar-refractivity contribution in [1.82, 2.24) is 20.9 Å². The summed E-state index contributed by atoms with van der Waals surface area (Å²) in [4.78, 5) is 50.3. The Balaban J connectivity index is 1.61. The van der Waals surface area contributed by atoms with Crippen molar-refractivity contribution >= 4 is 23.9 Å². The van der Waals surface area contributed by atoms with Crippen molar-refractivity contribution in [3.63, 3.8) is 0 Å². The molecule has 2 aromatic carbocycles. The van der Waals surface area contributed by atoms with E-state index in [-0.39, 0.29) is 6.54 Å². The molecule has 8 nitrogen and oxygen atoms in total. The number of imide groups is 2. The van der Waals surface area contributed by atoms with Crippen LogP contribution in [0.4, 0.5) is 9.59 Å². The van der Waals surface area contributed by atoms with E-state index in [0.717, 1.165) is 10.5 Å². The van der Waals surface area contributed by atoms with Gasteiger partial charge in [-0.3, -0.25) is 19.8 Å². The van der Waals surface area contributed by atoms with Crippen LogP contribution in [0.15, 0.2) is 60.7 Å². The number of nitrogens with zero attached hydrogens (tertiary/aromatic N) is 1. The van der Waals surface area contributed by atoms with E-state index < -0.39 is 36.0 Å². The van der Waals surface area contributed by atoms with E-state index in [1.807, 2.05) is 36.4 Å². The van der Waals surface area contributed by atoms with Crippen molar-refractivity contribution in [2.24, 2.45) is 0 Å². The monoisotopic (exact) mass is 394 g/mol. The summed E-state index contributed by atoms with van der Waals surface area (Å²) >= 11 is 0. The number of amides is 6. The van der Waals surface area contributed by atoms with Crippen LogP contribution in [0.3, 0.4) is 0 Å².